The first-order chi connectivity index (χ1) is 13.1. The number of aryl methyl sites for hydroxylation is 3. The summed E-state index contributed by atoms with van der Waals surface area (Å²) in [6.07, 6.45) is 4.37. The van der Waals surface area contributed by atoms with Gasteiger partial charge < -0.3 is 10.3 Å². The summed E-state index contributed by atoms with van der Waals surface area (Å²) in [4.78, 5) is 34.3. The Morgan fingerprint density at radius 1 is 1.26 bits per heavy atom. The maximum atomic E-state index is 12.5. The lowest BCUT2D eigenvalue weighted by Crippen LogP contribution is -2.15. The molecule has 0 spiro atoms. The van der Waals surface area contributed by atoms with E-state index in [1.165, 1.54) is 28.6 Å². The first-order valence-corrected chi connectivity index (χ1v) is 11.0. The van der Waals surface area contributed by atoms with E-state index in [1.54, 1.807) is 11.3 Å². The van der Waals surface area contributed by atoms with E-state index in [9.17, 15) is 9.59 Å². The molecule has 0 saturated carbocycles. The average Bonchev–Trinajstić information content (AvgIpc) is 3.02. The Kier molecular flexibility index (Phi) is 5.31. The highest BCUT2D eigenvalue weighted by molar-refractivity contribution is 7.99. The van der Waals surface area contributed by atoms with E-state index >= 15 is 0 Å². The number of nitrogens with zero attached hydrogens (tertiary/aromatic N) is 1. The maximum absolute atomic E-state index is 12.5. The topological polar surface area (TPSA) is 74.8 Å². The van der Waals surface area contributed by atoms with Gasteiger partial charge in [0.05, 0.1) is 16.9 Å². The lowest BCUT2D eigenvalue weighted by molar-refractivity contribution is -0.113. The van der Waals surface area contributed by atoms with Crippen LogP contribution in [0.2, 0.25) is 0 Å². The minimum absolute atomic E-state index is 0.0425. The van der Waals surface area contributed by atoms with Crippen molar-refractivity contribution in [1.82, 2.24) is 9.97 Å². The molecule has 1 aromatic carbocycles. The van der Waals surface area contributed by atoms with Crippen LogP contribution in [0.5, 0.6) is 0 Å². The molecule has 4 rings (SSSR count). The number of aromatic nitrogens is 2. The van der Waals surface area contributed by atoms with Gasteiger partial charge in [0.25, 0.3) is 5.56 Å². The number of anilines is 1. The van der Waals surface area contributed by atoms with Crippen LogP contribution >= 0.6 is 23.1 Å². The SMILES string of the molecule is Cc1ccc(NC(=O)CSCc2nc3sc4c(c3c(=O)[nH]2)CCCC4)cc1. The zero-order valence-electron chi connectivity index (χ0n) is 15.1. The van der Waals surface area contributed by atoms with Gasteiger partial charge >= 0.3 is 0 Å². The third-order valence-corrected chi connectivity index (χ3v) is 6.81. The molecule has 0 unspecified atom stereocenters. The lowest BCUT2D eigenvalue weighted by Gasteiger charge is -2.09. The summed E-state index contributed by atoms with van der Waals surface area (Å²) in [5.74, 6) is 1.41. The fraction of sp³-hybridized carbons (Fsp3) is 0.350. The number of fused-ring (bicyclic) bond motifs is 3. The van der Waals surface area contributed by atoms with E-state index in [0.717, 1.165) is 40.7 Å². The molecule has 0 saturated heterocycles. The van der Waals surface area contributed by atoms with Crippen LogP contribution in [0, 0.1) is 6.92 Å². The normalized spacial score (nSPS) is 13.5. The van der Waals surface area contributed by atoms with E-state index in [-0.39, 0.29) is 11.5 Å². The van der Waals surface area contributed by atoms with Gasteiger partial charge in [0.2, 0.25) is 5.91 Å². The number of thioether (sulfide) groups is 1. The molecule has 5 nitrogen and oxygen atoms in total. The van der Waals surface area contributed by atoms with Crippen molar-refractivity contribution in [3.8, 4) is 0 Å². The summed E-state index contributed by atoms with van der Waals surface area (Å²) in [6, 6.07) is 7.72. The van der Waals surface area contributed by atoms with E-state index in [1.807, 2.05) is 31.2 Å². The predicted molar refractivity (Wildman–Crippen MR) is 113 cm³/mol. The molecule has 7 heteroatoms. The molecule has 2 heterocycles. The van der Waals surface area contributed by atoms with Gasteiger partial charge in [0, 0.05) is 10.6 Å². The molecule has 0 aliphatic heterocycles. The van der Waals surface area contributed by atoms with Crippen LogP contribution < -0.4 is 10.9 Å². The van der Waals surface area contributed by atoms with Crippen molar-refractivity contribution in [3.05, 3.63) is 56.4 Å². The molecule has 2 N–H and O–H groups in total. The number of rotatable bonds is 5. The number of benzene rings is 1. The molecule has 3 aromatic rings. The summed E-state index contributed by atoms with van der Waals surface area (Å²) in [5, 5.41) is 3.66. The molecule has 1 aliphatic carbocycles. The van der Waals surface area contributed by atoms with Crippen LogP contribution in [-0.2, 0) is 23.4 Å². The Balaban J connectivity index is 1.39. The number of amides is 1. The van der Waals surface area contributed by atoms with Crippen molar-refractivity contribution in [3.63, 3.8) is 0 Å². The number of H-pyrrole nitrogens is 1. The second-order valence-corrected chi connectivity index (χ2v) is 8.88. The molecule has 27 heavy (non-hydrogen) atoms. The van der Waals surface area contributed by atoms with Gasteiger partial charge in [-0.3, -0.25) is 9.59 Å². The van der Waals surface area contributed by atoms with Gasteiger partial charge in [-0.05, 0) is 50.3 Å². The van der Waals surface area contributed by atoms with Gasteiger partial charge in [0.15, 0.2) is 0 Å². The fourth-order valence-corrected chi connectivity index (χ4v) is 5.32. The third kappa shape index (κ3) is 4.09. The van der Waals surface area contributed by atoms with E-state index in [2.05, 4.69) is 15.3 Å². The van der Waals surface area contributed by atoms with Gasteiger partial charge in [-0.25, -0.2) is 4.98 Å². The zero-order chi connectivity index (χ0) is 18.8. The maximum Gasteiger partial charge on any atom is 0.259 e. The van der Waals surface area contributed by atoms with Gasteiger partial charge in [0.1, 0.15) is 10.7 Å². The third-order valence-electron chi connectivity index (χ3n) is 4.68. The smallest absolute Gasteiger partial charge is 0.259 e. The van der Waals surface area contributed by atoms with Crippen LogP contribution in [0.3, 0.4) is 0 Å². The number of thiophene rings is 1. The molecule has 140 valence electrons. The number of aromatic amines is 1. The summed E-state index contributed by atoms with van der Waals surface area (Å²) >= 11 is 3.10. The number of hydrogen-bond donors (Lipinski definition) is 2. The Morgan fingerprint density at radius 2 is 2.04 bits per heavy atom. The molecule has 2 aromatic heterocycles. The van der Waals surface area contributed by atoms with E-state index in [0.29, 0.717) is 17.3 Å². The second kappa shape index (κ2) is 7.86. The molecule has 0 radical (unpaired) electrons. The Bertz CT molecular complexity index is 1040. The van der Waals surface area contributed by atoms with E-state index < -0.39 is 0 Å². The molecule has 0 fully saturated rings. The minimum Gasteiger partial charge on any atom is -0.325 e. The highest BCUT2D eigenvalue weighted by Crippen LogP contribution is 2.33. The van der Waals surface area contributed by atoms with Crippen LogP contribution in [0.1, 0.15) is 34.7 Å². The van der Waals surface area contributed by atoms with Crippen molar-refractivity contribution in [2.45, 2.75) is 38.4 Å². The van der Waals surface area contributed by atoms with Crippen molar-refractivity contribution < 1.29 is 4.79 Å². The molecular formula is C20H21N3O2S2. The van der Waals surface area contributed by atoms with Gasteiger partial charge in [-0.1, -0.05) is 17.7 Å². The van der Waals surface area contributed by atoms with E-state index in [4.69, 9.17) is 0 Å². The Labute approximate surface area is 165 Å². The Morgan fingerprint density at radius 3 is 2.85 bits per heavy atom. The monoisotopic (exact) mass is 399 g/mol. The van der Waals surface area contributed by atoms with Crippen molar-refractivity contribution in [1.29, 1.82) is 0 Å². The van der Waals surface area contributed by atoms with Crippen molar-refractivity contribution in [2.24, 2.45) is 0 Å². The largest absolute Gasteiger partial charge is 0.325 e. The minimum atomic E-state index is -0.0566. The quantitative estimate of drug-likeness (QED) is 0.679. The number of nitrogens with one attached hydrogen (secondary N) is 2. The first kappa shape index (κ1) is 18.3. The van der Waals surface area contributed by atoms with Crippen molar-refractivity contribution >= 4 is 44.9 Å². The summed E-state index contributed by atoms with van der Waals surface area (Å²) in [7, 11) is 0. The highest BCUT2D eigenvalue weighted by Gasteiger charge is 2.19. The van der Waals surface area contributed by atoms with Crippen molar-refractivity contribution in [2.75, 3.05) is 11.1 Å². The predicted octanol–water partition coefficient (Wildman–Crippen LogP) is 4.04. The number of carbonyl (C=O) groups excluding carboxylic acids is 1. The first-order valence-electron chi connectivity index (χ1n) is 9.08. The van der Waals surface area contributed by atoms with Crippen LogP contribution in [0.4, 0.5) is 5.69 Å². The molecule has 1 aliphatic rings. The molecule has 1 amide bonds. The fourth-order valence-electron chi connectivity index (χ4n) is 3.35. The number of carbonyl (C=O) groups is 1. The summed E-state index contributed by atoms with van der Waals surface area (Å²) in [5.41, 5.74) is 3.11. The van der Waals surface area contributed by atoms with Crippen LogP contribution in [0.15, 0.2) is 29.1 Å². The van der Waals surface area contributed by atoms with Gasteiger partial charge in [-0.2, -0.15) is 0 Å². The van der Waals surface area contributed by atoms with Crippen LogP contribution in [0.25, 0.3) is 10.2 Å². The standard InChI is InChI=1S/C20H21N3O2S2/c1-12-6-8-13(9-7-12)21-17(24)11-26-10-16-22-19(25)18-14-4-2-3-5-15(14)27-20(18)23-16/h6-9H,2-5,10-11H2,1H3,(H,21,24)(H,22,23,25). The highest BCUT2D eigenvalue weighted by atomic mass is 32.2. The molecular weight excluding hydrogens is 378 g/mol. The average molecular weight is 400 g/mol. The lowest BCUT2D eigenvalue weighted by atomic mass is 9.97. The molecule has 0 atom stereocenters. The van der Waals surface area contributed by atoms with Crippen LogP contribution in [-0.4, -0.2) is 21.6 Å². The Hall–Kier alpha value is -2.12. The zero-order valence-corrected chi connectivity index (χ0v) is 16.8. The second-order valence-electron chi connectivity index (χ2n) is 6.81. The summed E-state index contributed by atoms with van der Waals surface area (Å²) < 4.78 is 0. The molecule has 0 bridgehead atoms. The van der Waals surface area contributed by atoms with Gasteiger partial charge in [-0.15, -0.1) is 23.1 Å². The number of hydrogen-bond acceptors (Lipinski definition) is 5. The summed E-state index contributed by atoms with van der Waals surface area (Å²) in [6.45, 7) is 2.01.